The Hall–Kier alpha value is -1.92. The van der Waals surface area contributed by atoms with E-state index in [1.165, 1.54) is 6.42 Å². The molecule has 7 nitrogen and oxygen atoms in total. The Labute approximate surface area is 250 Å². The minimum Gasteiger partial charge on any atom is -0.465 e. The molecule has 0 aromatic carbocycles. The van der Waals surface area contributed by atoms with Gasteiger partial charge in [0.25, 0.3) is 0 Å². The highest BCUT2D eigenvalue weighted by atomic mass is 16.6. The molecule has 6 bridgehead atoms. The lowest BCUT2D eigenvalue weighted by atomic mass is 9.53. The summed E-state index contributed by atoms with van der Waals surface area (Å²) in [6, 6.07) is 0. The van der Waals surface area contributed by atoms with E-state index in [1.807, 2.05) is 27.7 Å². The number of hydrogen-bond donors (Lipinski definition) is 0. The predicted octanol–water partition coefficient (Wildman–Crippen LogP) is 5.54. The van der Waals surface area contributed by atoms with Crippen LogP contribution in [0.1, 0.15) is 80.6 Å². The van der Waals surface area contributed by atoms with Gasteiger partial charge in [-0.15, -0.1) is 0 Å². The molecule has 6 saturated carbocycles. The molecule has 8 fully saturated rings. The van der Waals surface area contributed by atoms with Crippen LogP contribution in [0.25, 0.3) is 0 Å². The second-order valence-electron chi connectivity index (χ2n) is 16.6. The maximum Gasteiger partial charge on any atom is 0.317 e. The highest BCUT2D eigenvalue weighted by Crippen LogP contribution is 2.73. The maximum absolute atomic E-state index is 13.7. The van der Waals surface area contributed by atoms with Crippen LogP contribution in [-0.4, -0.2) is 36.1 Å². The van der Waals surface area contributed by atoms with Crippen molar-refractivity contribution in [3.05, 3.63) is 0 Å². The van der Waals surface area contributed by atoms with E-state index in [0.29, 0.717) is 71.7 Å². The molecule has 0 amide bonds. The van der Waals surface area contributed by atoms with E-state index in [4.69, 9.17) is 14.2 Å². The molecule has 7 heteroatoms. The van der Waals surface area contributed by atoms with E-state index in [2.05, 4.69) is 6.92 Å². The minimum atomic E-state index is -0.519. The summed E-state index contributed by atoms with van der Waals surface area (Å²) in [4.78, 5) is 52.1. The summed E-state index contributed by atoms with van der Waals surface area (Å²) in [6.45, 7) is 10.7. The van der Waals surface area contributed by atoms with Crippen LogP contribution in [0.5, 0.6) is 0 Å². The van der Waals surface area contributed by atoms with Gasteiger partial charge in [0.1, 0.15) is 5.60 Å². The molecular formula is C35H50O7. The first-order valence-corrected chi connectivity index (χ1v) is 16.6. The van der Waals surface area contributed by atoms with Gasteiger partial charge in [-0.1, -0.05) is 21.3 Å². The number of hydrogen-bond acceptors (Lipinski definition) is 7. The summed E-state index contributed by atoms with van der Waals surface area (Å²) in [6.07, 6.45) is 6.55. The monoisotopic (exact) mass is 582 g/mol. The molecule has 8 aliphatic rings. The Morgan fingerprint density at radius 2 is 1.40 bits per heavy atom. The van der Waals surface area contributed by atoms with Crippen LogP contribution in [0.3, 0.4) is 0 Å². The van der Waals surface area contributed by atoms with Crippen molar-refractivity contribution in [1.82, 2.24) is 0 Å². The highest BCUT2D eigenvalue weighted by Gasteiger charge is 2.70. The molecule has 232 valence electrons. The van der Waals surface area contributed by atoms with Crippen molar-refractivity contribution >= 4 is 23.9 Å². The number of rotatable bonds is 4. The quantitative estimate of drug-likeness (QED) is 0.244. The Bertz CT molecular complexity index is 1190. The molecule has 42 heavy (non-hydrogen) atoms. The van der Waals surface area contributed by atoms with Crippen molar-refractivity contribution in [3.63, 3.8) is 0 Å². The first-order chi connectivity index (χ1) is 19.4. The molecule has 0 radical (unpaired) electrons. The number of carbonyl (C=O) groups excluding carboxylic acids is 4. The van der Waals surface area contributed by atoms with Crippen molar-refractivity contribution in [2.45, 2.75) is 86.2 Å². The summed E-state index contributed by atoms with van der Waals surface area (Å²) in [7, 11) is 0. The van der Waals surface area contributed by atoms with Crippen LogP contribution >= 0.6 is 0 Å². The third-order valence-electron chi connectivity index (χ3n) is 14.1. The summed E-state index contributed by atoms with van der Waals surface area (Å²) in [5.74, 6) is 3.87. The van der Waals surface area contributed by atoms with Crippen molar-refractivity contribution in [2.24, 2.45) is 101 Å². The fraction of sp³-hybridized carbons (Fsp3) is 0.886. The van der Waals surface area contributed by atoms with Gasteiger partial charge in [0.15, 0.2) is 0 Å². The lowest BCUT2D eigenvalue weighted by Gasteiger charge is -2.50. The van der Waals surface area contributed by atoms with Crippen molar-refractivity contribution in [3.8, 4) is 0 Å². The molecule has 0 aromatic heterocycles. The Kier molecular flexibility index (Phi) is 6.55. The first kappa shape index (κ1) is 28.8. The topological polar surface area (TPSA) is 96.0 Å². The van der Waals surface area contributed by atoms with E-state index in [0.717, 1.165) is 32.1 Å². The molecule has 17 atom stereocenters. The Balaban J connectivity index is 0.00000288. The van der Waals surface area contributed by atoms with Gasteiger partial charge in [0, 0.05) is 5.92 Å². The van der Waals surface area contributed by atoms with Gasteiger partial charge in [0.05, 0.1) is 30.3 Å². The molecule has 17 unspecified atom stereocenters. The molecule has 8 rings (SSSR count). The minimum absolute atomic E-state index is 0. The van der Waals surface area contributed by atoms with Gasteiger partial charge in [0.2, 0.25) is 0 Å². The third-order valence-corrected chi connectivity index (χ3v) is 14.1. The lowest BCUT2D eigenvalue weighted by Crippen LogP contribution is -2.49. The molecule has 2 heterocycles. The molecule has 2 aliphatic heterocycles. The number of ether oxygens (including phenoxy) is 3. The van der Waals surface area contributed by atoms with E-state index in [-0.39, 0.29) is 60.9 Å². The zero-order chi connectivity index (χ0) is 28.7. The second kappa shape index (κ2) is 9.54. The van der Waals surface area contributed by atoms with Crippen molar-refractivity contribution in [2.75, 3.05) is 6.61 Å². The Morgan fingerprint density at radius 1 is 0.714 bits per heavy atom. The zero-order valence-electron chi connectivity index (χ0n) is 25.1. The summed E-state index contributed by atoms with van der Waals surface area (Å²) in [5.41, 5.74) is -0.519. The average molecular weight is 583 g/mol. The number of esters is 4. The smallest absolute Gasteiger partial charge is 0.317 e. The van der Waals surface area contributed by atoms with Crippen LogP contribution in [0.15, 0.2) is 0 Å². The molecule has 0 N–H and O–H groups in total. The molecule has 6 aliphatic carbocycles. The number of fused-ring (bicyclic) bond motifs is 9. The summed E-state index contributed by atoms with van der Waals surface area (Å²) in [5, 5.41) is 0. The van der Waals surface area contributed by atoms with Crippen molar-refractivity contribution in [1.29, 1.82) is 0 Å². The van der Waals surface area contributed by atoms with Crippen LogP contribution in [-0.2, 0) is 33.4 Å². The summed E-state index contributed by atoms with van der Waals surface area (Å²) >= 11 is 0. The SMILES string of the molecule is C.CC1C(=O)OC(=O)C1C1C2CCC(C2)C1C1C2CC(CC2C(=O)OC(C)(C)C)C1C1C(C)C2CC1C1COC(=O)C21. The molecule has 0 aromatic rings. The number of carbonyl (C=O) groups is 4. The number of cyclic esters (lactones) is 3. The van der Waals surface area contributed by atoms with Gasteiger partial charge >= 0.3 is 23.9 Å². The van der Waals surface area contributed by atoms with Gasteiger partial charge < -0.3 is 14.2 Å². The van der Waals surface area contributed by atoms with Crippen LogP contribution < -0.4 is 0 Å². The van der Waals surface area contributed by atoms with Gasteiger partial charge in [-0.2, -0.15) is 0 Å². The summed E-state index contributed by atoms with van der Waals surface area (Å²) < 4.78 is 16.9. The van der Waals surface area contributed by atoms with Gasteiger partial charge in [-0.25, -0.2) is 0 Å². The van der Waals surface area contributed by atoms with Crippen LogP contribution in [0.2, 0.25) is 0 Å². The Morgan fingerprint density at radius 3 is 2.07 bits per heavy atom. The van der Waals surface area contributed by atoms with Crippen LogP contribution in [0, 0.1) is 101 Å². The normalized spacial score (nSPS) is 53.4. The van der Waals surface area contributed by atoms with E-state index >= 15 is 0 Å². The zero-order valence-corrected chi connectivity index (χ0v) is 25.1. The first-order valence-electron chi connectivity index (χ1n) is 16.6. The van der Waals surface area contributed by atoms with E-state index < -0.39 is 11.5 Å². The largest absolute Gasteiger partial charge is 0.465 e. The predicted molar refractivity (Wildman–Crippen MR) is 153 cm³/mol. The molecular weight excluding hydrogens is 532 g/mol. The lowest BCUT2D eigenvalue weighted by molar-refractivity contribution is -0.166. The van der Waals surface area contributed by atoms with E-state index in [1.54, 1.807) is 0 Å². The second-order valence-corrected chi connectivity index (χ2v) is 16.6. The maximum atomic E-state index is 13.7. The molecule has 2 saturated heterocycles. The fourth-order valence-electron chi connectivity index (χ4n) is 13.2. The third kappa shape index (κ3) is 3.82. The molecule has 0 spiro atoms. The van der Waals surface area contributed by atoms with Gasteiger partial charge in [-0.3, -0.25) is 19.2 Å². The fourth-order valence-corrected chi connectivity index (χ4v) is 13.2. The van der Waals surface area contributed by atoms with Crippen LogP contribution in [0.4, 0.5) is 0 Å². The van der Waals surface area contributed by atoms with Gasteiger partial charge in [-0.05, 0) is 130 Å². The average Bonchev–Trinajstić information content (AvgIpc) is 3.73. The highest BCUT2D eigenvalue weighted by molar-refractivity contribution is 5.96. The standard InChI is InChI=1S/C34H46O7.CH4/c1-13-18-11-20(22-12-39-32(37)28(18)22)23(13)27-17-9-19(21(10-17)31(36)41-34(3,4)5)29(27)26-16-7-6-15(8-16)25(26)24-14(2)30(35)40-33(24)38;/h13-29H,6-12H2,1-5H3;1H4. The van der Waals surface area contributed by atoms with E-state index in [9.17, 15) is 19.2 Å². The van der Waals surface area contributed by atoms with Crippen molar-refractivity contribution < 1.29 is 33.4 Å².